The predicted molar refractivity (Wildman–Crippen MR) is 75.0 cm³/mol. The van der Waals surface area contributed by atoms with Gasteiger partial charge in [0.1, 0.15) is 23.3 Å². The fourth-order valence-corrected chi connectivity index (χ4v) is 2.34. The molecule has 4 atom stereocenters. The van der Waals surface area contributed by atoms with E-state index in [9.17, 15) is 14.7 Å². The van der Waals surface area contributed by atoms with E-state index in [2.05, 4.69) is 4.98 Å². The normalized spacial score (nSPS) is 28.7. The standard InChI is InChI=1S/C11H15N3O6S/c1-19-7-6(16)5(3-15)20-10(7)14-2-4(8(12)21)9(17)13-11(14)18/h2,5-7,10,15-16H,3H2,1H3,(H2,12,21)(H,13,17,18)/t5-,6+,7-,10-/m1/s1. The Bertz CT molecular complexity index is 656. The van der Waals surface area contributed by atoms with Gasteiger partial charge in [0.15, 0.2) is 6.23 Å². The lowest BCUT2D eigenvalue weighted by atomic mass is 10.1. The van der Waals surface area contributed by atoms with E-state index in [4.69, 9.17) is 32.5 Å². The highest BCUT2D eigenvalue weighted by molar-refractivity contribution is 7.80. The molecular weight excluding hydrogens is 302 g/mol. The molecule has 21 heavy (non-hydrogen) atoms. The van der Waals surface area contributed by atoms with Crippen molar-refractivity contribution in [3.05, 3.63) is 32.6 Å². The van der Waals surface area contributed by atoms with Crippen LogP contribution in [0.5, 0.6) is 0 Å². The number of aromatic nitrogens is 2. The topological polar surface area (TPSA) is 140 Å². The van der Waals surface area contributed by atoms with Crippen molar-refractivity contribution in [1.82, 2.24) is 9.55 Å². The van der Waals surface area contributed by atoms with Crippen LogP contribution in [0.3, 0.4) is 0 Å². The highest BCUT2D eigenvalue weighted by atomic mass is 32.1. The van der Waals surface area contributed by atoms with E-state index in [1.807, 2.05) is 0 Å². The molecule has 0 amide bonds. The quantitative estimate of drug-likeness (QED) is 0.445. The average Bonchev–Trinajstić information content (AvgIpc) is 2.74. The third kappa shape index (κ3) is 2.76. The van der Waals surface area contributed by atoms with Gasteiger partial charge in [-0.05, 0) is 0 Å². The molecule has 1 aliphatic heterocycles. The highest BCUT2D eigenvalue weighted by Crippen LogP contribution is 2.30. The fraction of sp³-hybridized carbons (Fsp3) is 0.545. The Balaban J connectivity index is 2.51. The summed E-state index contributed by atoms with van der Waals surface area (Å²) in [6, 6.07) is 0. The van der Waals surface area contributed by atoms with Crippen LogP contribution >= 0.6 is 12.2 Å². The maximum absolute atomic E-state index is 11.9. The number of aliphatic hydroxyl groups excluding tert-OH is 2. The zero-order valence-corrected chi connectivity index (χ0v) is 11.9. The molecule has 0 spiro atoms. The molecule has 0 aliphatic carbocycles. The largest absolute Gasteiger partial charge is 0.394 e. The minimum absolute atomic E-state index is 0.0648. The van der Waals surface area contributed by atoms with Crippen LogP contribution in [-0.4, -0.2) is 56.8 Å². The van der Waals surface area contributed by atoms with E-state index in [1.165, 1.54) is 7.11 Å². The van der Waals surface area contributed by atoms with Gasteiger partial charge in [-0.1, -0.05) is 12.2 Å². The Morgan fingerprint density at radius 1 is 1.62 bits per heavy atom. The summed E-state index contributed by atoms with van der Waals surface area (Å²) in [4.78, 5) is 25.4. The molecule has 10 heteroatoms. The lowest BCUT2D eigenvalue weighted by Crippen LogP contribution is -2.40. The van der Waals surface area contributed by atoms with Crippen LogP contribution in [0.2, 0.25) is 0 Å². The number of H-pyrrole nitrogens is 1. The number of rotatable bonds is 4. The first kappa shape index (κ1) is 15.8. The Morgan fingerprint density at radius 3 is 2.81 bits per heavy atom. The molecule has 1 aromatic rings. The molecule has 9 nitrogen and oxygen atoms in total. The van der Waals surface area contributed by atoms with Crippen molar-refractivity contribution in [2.45, 2.75) is 24.5 Å². The van der Waals surface area contributed by atoms with Gasteiger partial charge in [0.25, 0.3) is 5.56 Å². The maximum Gasteiger partial charge on any atom is 0.330 e. The molecule has 116 valence electrons. The summed E-state index contributed by atoms with van der Waals surface area (Å²) in [7, 11) is 1.33. The van der Waals surface area contributed by atoms with Gasteiger partial charge in [-0.15, -0.1) is 0 Å². The second kappa shape index (κ2) is 6.03. The summed E-state index contributed by atoms with van der Waals surface area (Å²) in [6.45, 7) is -0.447. The Kier molecular flexibility index (Phi) is 4.54. The smallest absolute Gasteiger partial charge is 0.330 e. The molecule has 1 saturated heterocycles. The number of nitrogens with one attached hydrogen (secondary N) is 1. The number of aromatic amines is 1. The Hall–Kier alpha value is -1.59. The van der Waals surface area contributed by atoms with Crippen molar-refractivity contribution in [2.75, 3.05) is 13.7 Å². The summed E-state index contributed by atoms with van der Waals surface area (Å²) in [5.41, 5.74) is 3.87. The number of ether oxygens (including phenoxy) is 2. The number of aliphatic hydroxyl groups is 2. The van der Waals surface area contributed by atoms with Crippen molar-refractivity contribution in [3.8, 4) is 0 Å². The summed E-state index contributed by atoms with van der Waals surface area (Å²) >= 11 is 4.74. The van der Waals surface area contributed by atoms with Crippen LogP contribution in [0, 0.1) is 0 Å². The molecule has 0 bridgehead atoms. The molecule has 0 unspecified atom stereocenters. The van der Waals surface area contributed by atoms with Gasteiger partial charge in [0.2, 0.25) is 0 Å². The lowest BCUT2D eigenvalue weighted by molar-refractivity contribution is -0.0625. The van der Waals surface area contributed by atoms with Gasteiger partial charge in [-0.3, -0.25) is 14.3 Å². The summed E-state index contributed by atoms with van der Waals surface area (Å²) < 4.78 is 11.5. The molecule has 0 radical (unpaired) electrons. The maximum atomic E-state index is 11.9. The number of hydrogen-bond acceptors (Lipinski definition) is 7. The van der Waals surface area contributed by atoms with E-state index in [1.54, 1.807) is 0 Å². The molecule has 2 rings (SSSR count). The van der Waals surface area contributed by atoms with Gasteiger partial charge in [0.05, 0.1) is 12.2 Å². The number of nitrogens with zero attached hydrogens (tertiary/aromatic N) is 1. The van der Waals surface area contributed by atoms with E-state index in [0.29, 0.717) is 0 Å². The first-order valence-corrected chi connectivity index (χ1v) is 6.44. The first-order valence-electron chi connectivity index (χ1n) is 6.03. The molecule has 5 N–H and O–H groups in total. The fourth-order valence-electron chi connectivity index (χ4n) is 2.20. The average molecular weight is 317 g/mol. The Morgan fingerprint density at radius 2 is 2.29 bits per heavy atom. The van der Waals surface area contributed by atoms with Gasteiger partial charge >= 0.3 is 5.69 Å². The zero-order chi connectivity index (χ0) is 15.7. The van der Waals surface area contributed by atoms with E-state index >= 15 is 0 Å². The SMILES string of the molecule is CO[C@@H]1[C@@H](O)[C@@H](CO)O[C@H]1n1cc(C(N)=S)c(=O)[nH]c1=O. The molecule has 2 heterocycles. The van der Waals surface area contributed by atoms with Crippen molar-refractivity contribution in [2.24, 2.45) is 5.73 Å². The van der Waals surface area contributed by atoms with Crippen molar-refractivity contribution in [1.29, 1.82) is 0 Å². The summed E-state index contributed by atoms with van der Waals surface area (Å²) in [5.74, 6) is 0. The molecule has 1 fully saturated rings. The van der Waals surface area contributed by atoms with E-state index < -0.39 is 42.4 Å². The van der Waals surface area contributed by atoms with Gasteiger partial charge in [0, 0.05) is 13.3 Å². The lowest BCUT2D eigenvalue weighted by Gasteiger charge is -2.20. The molecule has 0 aromatic carbocycles. The monoisotopic (exact) mass is 317 g/mol. The highest BCUT2D eigenvalue weighted by Gasteiger charge is 2.45. The van der Waals surface area contributed by atoms with Crippen LogP contribution in [0.1, 0.15) is 11.8 Å². The van der Waals surface area contributed by atoms with Gasteiger partial charge < -0.3 is 25.4 Å². The third-order valence-electron chi connectivity index (χ3n) is 3.27. The van der Waals surface area contributed by atoms with Crippen LogP contribution in [0.15, 0.2) is 15.8 Å². The zero-order valence-electron chi connectivity index (χ0n) is 11.1. The molecular formula is C11H15N3O6S. The Labute approximate surface area is 123 Å². The third-order valence-corrected chi connectivity index (χ3v) is 3.49. The van der Waals surface area contributed by atoms with Gasteiger partial charge in [-0.25, -0.2) is 4.79 Å². The first-order chi connectivity index (χ1) is 9.90. The molecule has 1 aliphatic rings. The van der Waals surface area contributed by atoms with E-state index in [-0.39, 0.29) is 10.6 Å². The van der Waals surface area contributed by atoms with Crippen LogP contribution in [-0.2, 0) is 9.47 Å². The van der Waals surface area contributed by atoms with E-state index in [0.717, 1.165) is 10.8 Å². The minimum atomic E-state index is -1.13. The summed E-state index contributed by atoms with van der Waals surface area (Å²) in [6.07, 6.45) is -2.82. The van der Waals surface area contributed by atoms with Crippen molar-refractivity contribution < 1.29 is 19.7 Å². The number of thiocarbonyl (C=S) groups is 1. The minimum Gasteiger partial charge on any atom is -0.394 e. The van der Waals surface area contributed by atoms with Crippen LogP contribution in [0.4, 0.5) is 0 Å². The predicted octanol–water partition coefficient (Wildman–Crippen LogP) is -2.56. The molecule has 0 saturated carbocycles. The van der Waals surface area contributed by atoms with Crippen LogP contribution in [0.25, 0.3) is 0 Å². The van der Waals surface area contributed by atoms with Gasteiger partial charge in [-0.2, -0.15) is 0 Å². The van der Waals surface area contributed by atoms with Crippen molar-refractivity contribution >= 4 is 17.2 Å². The summed E-state index contributed by atoms with van der Waals surface area (Å²) in [5, 5.41) is 19.1. The number of hydrogen-bond donors (Lipinski definition) is 4. The van der Waals surface area contributed by atoms with Crippen LogP contribution < -0.4 is 17.0 Å². The number of nitrogens with two attached hydrogens (primary N) is 1. The van der Waals surface area contributed by atoms with Crippen molar-refractivity contribution in [3.63, 3.8) is 0 Å². The molecule has 1 aromatic heterocycles. The second-order valence-corrected chi connectivity index (χ2v) is 4.95. The second-order valence-electron chi connectivity index (χ2n) is 4.51. The number of methoxy groups -OCH3 is 1.